The van der Waals surface area contributed by atoms with Crippen LogP contribution in [0.3, 0.4) is 0 Å². The normalized spacial score (nSPS) is 19.1. The molecule has 80 valence electrons. The summed E-state index contributed by atoms with van der Waals surface area (Å²) in [6.07, 6.45) is 9.44. The van der Waals surface area contributed by atoms with E-state index >= 15 is 0 Å². The number of rotatable bonds is 2. The Morgan fingerprint density at radius 3 is 2.40 bits per heavy atom. The second-order valence-corrected chi connectivity index (χ2v) is 4.63. The van der Waals surface area contributed by atoms with Gasteiger partial charge < -0.3 is 0 Å². The van der Waals surface area contributed by atoms with Crippen LogP contribution in [0.25, 0.3) is 6.08 Å². The van der Waals surface area contributed by atoms with Crippen molar-refractivity contribution in [2.24, 2.45) is 5.92 Å². The van der Waals surface area contributed by atoms with Gasteiger partial charge in [0, 0.05) is 0 Å². The summed E-state index contributed by atoms with van der Waals surface area (Å²) < 4.78 is 0. The second kappa shape index (κ2) is 5.16. The van der Waals surface area contributed by atoms with E-state index in [2.05, 4.69) is 43.3 Å². The van der Waals surface area contributed by atoms with Gasteiger partial charge in [0.25, 0.3) is 0 Å². The average molecular weight is 200 g/mol. The summed E-state index contributed by atoms with van der Waals surface area (Å²) in [5, 5.41) is 0. The first-order chi connectivity index (χ1) is 7.36. The van der Waals surface area contributed by atoms with Crippen LogP contribution in [0.5, 0.6) is 0 Å². The van der Waals surface area contributed by atoms with Crippen LogP contribution in [0.15, 0.2) is 35.9 Å². The van der Waals surface area contributed by atoms with Gasteiger partial charge in [-0.15, -0.1) is 0 Å². The quantitative estimate of drug-likeness (QED) is 0.650. The van der Waals surface area contributed by atoms with Crippen LogP contribution in [0, 0.1) is 5.92 Å². The molecular weight excluding hydrogens is 180 g/mol. The van der Waals surface area contributed by atoms with Crippen molar-refractivity contribution >= 4 is 6.08 Å². The van der Waals surface area contributed by atoms with Crippen molar-refractivity contribution in [2.75, 3.05) is 0 Å². The number of allylic oxidation sites excluding steroid dienone is 1. The molecule has 1 aliphatic rings. The Balaban J connectivity index is 2.06. The zero-order chi connectivity index (χ0) is 10.5. The average Bonchev–Trinajstić information content (AvgIpc) is 2.31. The SMILES string of the molecule is C/C(=C/c1ccccc1)C1CCCCC1. The van der Waals surface area contributed by atoms with Crippen molar-refractivity contribution in [3.8, 4) is 0 Å². The first kappa shape index (κ1) is 10.5. The zero-order valence-corrected chi connectivity index (χ0v) is 9.58. The molecule has 0 spiro atoms. The summed E-state index contributed by atoms with van der Waals surface area (Å²) in [7, 11) is 0. The molecule has 1 aliphatic carbocycles. The highest BCUT2D eigenvalue weighted by Crippen LogP contribution is 2.30. The van der Waals surface area contributed by atoms with E-state index in [0.717, 1.165) is 5.92 Å². The molecule has 0 nitrogen and oxygen atoms in total. The molecule has 0 atom stereocenters. The predicted molar refractivity (Wildman–Crippen MR) is 66.7 cm³/mol. The molecule has 1 aromatic rings. The van der Waals surface area contributed by atoms with Crippen LogP contribution in [0.4, 0.5) is 0 Å². The van der Waals surface area contributed by atoms with Crippen molar-refractivity contribution in [1.29, 1.82) is 0 Å². The van der Waals surface area contributed by atoms with E-state index in [1.54, 1.807) is 5.57 Å². The van der Waals surface area contributed by atoms with E-state index in [1.165, 1.54) is 37.7 Å². The lowest BCUT2D eigenvalue weighted by molar-refractivity contribution is 0.404. The van der Waals surface area contributed by atoms with Crippen molar-refractivity contribution in [3.05, 3.63) is 41.5 Å². The van der Waals surface area contributed by atoms with Crippen LogP contribution in [0.1, 0.15) is 44.6 Å². The second-order valence-electron chi connectivity index (χ2n) is 4.63. The van der Waals surface area contributed by atoms with Crippen molar-refractivity contribution < 1.29 is 0 Å². The van der Waals surface area contributed by atoms with Crippen molar-refractivity contribution in [1.82, 2.24) is 0 Å². The maximum Gasteiger partial charge on any atom is -0.0203 e. The largest absolute Gasteiger partial charge is 0.0696 e. The molecule has 1 saturated carbocycles. The van der Waals surface area contributed by atoms with Gasteiger partial charge >= 0.3 is 0 Å². The van der Waals surface area contributed by atoms with Gasteiger partial charge in [0.1, 0.15) is 0 Å². The van der Waals surface area contributed by atoms with Gasteiger partial charge in [-0.25, -0.2) is 0 Å². The van der Waals surface area contributed by atoms with Gasteiger partial charge in [-0.2, -0.15) is 0 Å². The van der Waals surface area contributed by atoms with E-state index < -0.39 is 0 Å². The molecule has 0 N–H and O–H groups in total. The maximum absolute atomic E-state index is 2.36. The molecule has 1 aromatic carbocycles. The fraction of sp³-hybridized carbons (Fsp3) is 0.467. The van der Waals surface area contributed by atoms with E-state index in [1.807, 2.05) is 0 Å². The Labute approximate surface area is 93.0 Å². The lowest BCUT2D eigenvalue weighted by Crippen LogP contribution is -2.07. The molecule has 0 amide bonds. The van der Waals surface area contributed by atoms with Crippen LogP contribution in [0.2, 0.25) is 0 Å². The van der Waals surface area contributed by atoms with E-state index in [4.69, 9.17) is 0 Å². The van der Waals surface area contributed by atoms with Crippen molar-refractivity contribution in [3.63, 3.8) is 0 Å². The smallest absolute Gasteiger partial charge is 0.0203 e. The minimum absolute atomic E-state index is 0.846. The Morgan fingerprint density at radius 2 is 1.73 bits per heavy atom. The summed E-state index contributed by atoms with van der Waals surface area (Å²) in [6.45, 7) is 2.29. The Bertz CT molecular complexity index is 315. The van der Waals surface area contributed by atoms with Gasteiger partial charge in [0.05, 0.1) is 0 Å². The third-order valence-corrected chi connectivity index (χ3v) is 3.44. The van der Waals surface area contributed by atoms with Gasteiger partial charge in [0.2, 0.25) is 0 Å². The Kier molecular flexibility index (Phi) is 3.60. The van der Waals surface area contributed by atoms with Gasteiger partial charge in [-0.3, -0.25) is 0 Å². The minimum atomic E-state index is 0.846. The van der Waals surface area contributed by atoms with E-state index in [9.17, 15) is 0 Å². The molecule has 1 fully saturated rings. The van der Waals surface area contributed by atoms with Crippen LogP contribution >= 0.6 is 0 Å². The van der Waals surface area contributed by atoms with Gasteiger partial charge in [0.15, 0.2) is 0 Å². The molecule has 0 heteroatoms. The highest BCUT2D eigenvalue weighted by molar-refractivity contribution is 5.52. The van der Waals surface area contributed by atoms with Crippen LogP contribution in [-0.2, 0) is 0 Å². The highest BCUT2D eigenvalue weighted by Gasteiger charge is 2.14. The molecule has 0 aromatic heterocycles. The Hall–Kier alpha value is -1.04. The summed E-state index contributed by atoms with van der Waals surface area (Å²) in [6, 6.07) is 10.7. The summed E-state index contributed by atoms with van der Waals surface area (Å²) in [4.78, 5) is 0. The monoisotopic (exact) mass is 200 g/mol. The van der Waals surface area contributed by atoms with Crippen LogP contribution < -0.4 is 0 Å². The first-order valence-corrected chi connectivity index (χ1v) is 6.09. The molecule has 15 heavy (non-hydrogen) atoms. The molecule has 0 heterocycles. The standard InChI is InChI=1S/C15H20/c1-13(15-10-6-3-7-11-15)12-14-8-4-2-5-9-14/h2,4-5,8-9,12,15H,3,6-7,10-11H2,1H3/b13-12-. The highest BCUT2D eigenvalue weighted by atomic mass is 14.2. The predicted octanol–water partition coefficient (Wildman–Crippen LogP) is 4.67. The molecule has 0 aliphatic heterocycles. The third kappa shape index (κ3) is 2.95. The molecular formula is C15H20. The van der Waals surface area contributed by atoms with Gasteiger partial charge in [-0.1, -0.05) is 61.2 Å². The molecule has 0 saturated heterocycles. The first-order valence-electron chi connectivity index (χ1n) is 6.09. The molecule has 0 bridgehead atoms. The number of hydrogen-bond donors (Lipinski definition) is 0. The fourth-order valence-electron chi connectivity index (χ4n) is 2.49. The zero-order valence-electron chi connectivity index (χ0n) is 9.58. The topological polar surface area (TPSA) is 0 Å². The van der Waals surface area contributed by atoms with E-state index in [0.29, 0.717) is 0 Å². The van der Waals surface area contributed by atoms with E-state index in [-0.39, 0.29) is 0 Å². The maximum atomic E-state index is 2.36. The molecule has 2 rings (SSSR count). The summed E-state index contributed by atoms with van der Waals surface area (Å²) in [5.41, 5.74) is 2.92. The lowest BCUT2D eigenvalue weighted by Gasteiger charge is -2.22. The summed E-state index contributed by atoms with van der Waals surface area (Å²) >= 11 is 0. The summed E-state index contributed by atoms with van der Waals surface area (Å²) in [5.74, 6) is 0.846. The number of hydrogen-bond acceptors (Lipinski definition) is 0. The Morgan fingerprint density at radius 1 is 1.07 bits per heavy atom. The fourth-order valence-corrected chi connectivity index (χ4v) is 2.49. The number of benzene rings is 1. The van der Waals surface area contributed by atoms with Crippen molar-refractivity contribution in [2.45, 2.75) is 39.0 Å². The van der Waals surface area contributed by atoms with Gasteiger partial charge in [-0.05, 0) is 31.2 Å². The lowest BCUT2D eigenvalue weighted by atomic mass is 9.84. The molecule has 0 radical (unpaired) electrons. The third-order valence-electron chi connectivity index (χ3n) is 3.44. The minimum Gasteiger partial charge on any atom is -0.0696 e. The van der Waals surface area contributed by atoms with Crippen LogP contribution in [-0.4, -0.2) is 0 Å². The molecule has 0 unspecified atom stereocenters.